The van der Waals surface area contributed by atoms with Crippen molar-refractivity contribution in [3.63, 3.8) is 0 Å². The molecule has 0 radical (unpaired) electrons. The van der Waals surface area contributed by atoms with E-state index in [1.807, 2.05) is 44.4 Å². The fourth-order valence-electron chi connectivity index (χ4n) is 4.04. The number of halogens is 1. The maximum Gasteiger partial charge on any atom is 0.256 e. The van der Waals surface area contributed by atoms with Gasteiger partial charge in [-0.25, -0.2) is 4.39 Å². The zero-order valence-corrected chi connectivity index (χ0v) is 16.2. The van der Waals surface area contributed by atoms with Gasteiger partial charge in [0.25, 0.3) is 5.91 Å². The van der Waals surface area contributed by atoms with Gasteiger partial charge in [-0.3, -0.25) is 14.5 Å². The van der Waals surface area contributed by atoms with Gasteiger partial charge in [-0.2, -0.15) is 5.10 Å². The number of pyridine rings is 1. The number of benzene rings is 2. The zero-order valence-electron chi connectivity index (χ0n) is 16.2. The second-order valence-electron chi connectivity index (χ2n) is 7.45. The van der Waals surface area contributed by atoms with E-state index in [9.17, 15) is 4.79 Å². The molecule has 1 amide bonds. The zero-order chi connectivity index (χ0) is 20.1. The van der Waals surface area contributed by atoms with Crippen LogP contribution in [0.2, 0.25) is 0 Å². The molecule has 2 aromatic heterocycles. The Balaban J connectivity index is 1.50. The van der Waals surface area contributed by atoms with Crippen molar-refractivity contribution >= 4 is 16.8 Å². The Bertz CT molecular complexity index is 1250. The standard InChI is InChI=1S/C23H19FN4O/c1-14-9-15(16-5-3-7-21-19(16)11-27(2)26-21)10-20(24)18(14)12-28-13-22-17(23(28)29)6-4-8-25-22/h3-11H,12-13H2,1-2H3. The Morgan fingerprint density at radius 3 is 2.76 bits per heavy atom. The third-order valence-corrected chi connectivity index (χ3v) is 5.49. The first-order chi connectivity index (χ1) is 14.0. The van der Waals surface area contributed by atoms with Crippen molar-refractivity contribution in [3.8, 4) is 11.1 Å². The van der Waals surface area contributed by atoms with Gasteiger partial charge in [0.2, 0.25) is 0 Å². The smallest absolute Gasteiger partial charge is 0.256 e. The third kappa shape index (κ3) is 2.88. The first-order valence-corrected chi connectivity index (χ1v) is 9.46. The lowest BCUT2D eigenvalue weighted by Crippen LogP contribution is -2.24. The molecule has 3 heterocycles. The van der Waals surface area contributed by atoms with Gasteiger partial charge in [0, 0.05) is 36.9 Å². The number of rotatable bonds is 3. The summed E-state index contributed by atoms with van der Waals surface area (Å²) in [5.41, 5.74) is 5.32. The Hall–Kier alpha value is -3.54. The lowest BCUT2D eigenvalue weighted by Gasteiger charge is -2.18. The second kappa shape index (κ2) is 6.51. The number of hydrogen-bond donors (Lipinski definition) is 0. The van der Waals surface area contributed by atoms with Crippen molar-refractivity contribution in [3.05, 3.63) is 83.1 Å². The molecule has 0 fully saturated rings. The lowest BCUT2D eigenvalue weighted by atomic mass is 9.97. The molecule has 5 rings (SSSR count). The van der Waals surface area contributed by atoms with Gasteiger partial charge in [0.05, 0.1) is 23.3 Å². The summed E-state index contributed by atoms with van der Waals surface area (Å²) in [4.78, 5) is 18.5. The maximum atomic E-state index is 15.1. The summed E-state index contributed by atoms with van der Waals surface area (Å²) >= 11 is 0. The van der Waals surface area contributed by atoms with Crippen molar-refractivity contribution in [2.45, 2.75) is 20.0 Å². The molecule has 0 atom stereocenters. The van der Waals surface area contributed by atoms with Gasteiger partial charge >= 0.3 is 0 Å². The highest BCUT2D eigenvalue weighted by molar-refractivity contribution is 5.98. The average molecular weight is 386 g/mol. The summed E-state index contributed by atoms with van der Waals surface area (Å²) in [6.45, 7) is 2.52. The fourth-order valence-corrected chi connectivity index (χ4v) is 4.04. The van der Waals surface area contributed by atoms with E-state index >= 15 is 4.39 Å². The summed E-state index contributed by atoms with van der Waals surface area (Å²) in [6.07, 6.45) is 3.62. The minimum Gasteiger partial charge on any atom is -0.328 e. The number of aryl methyl sites for hydroxylation is 2. The molecule has 0 unspecified atom stereocenters. The maximum absolute atomic E-state index is 15.1. The quantitative estimate of drug-likeness (QED) is 0.529. The Morgan fingerprint density at radius 2 is 1.97 bits per heavy atom. The second-order valence-corrected chi connectivity index (χ2v) is 7.45. The first-order valence-electron chi connectivity index (χ1n) is 9.46. The van der Waals surface area contributed by atoms with E-state index in [0.29, 0.717) is 17.7 Å². The first kappa shape index (κ1) is 17.6. The van der Waals surface area contributed by atoms with Gasteiger partial charge in [-0.05, 0) is 47.9 Å². The predicted octanol–water partition coefficient (Wildman–Crippen LogP) is 4.24. The van der Waals surface area contributed by atoms with Crippen LogP contribution in [0.1, 0.15) is 27.2 Å². The largest absolute Gasteiger partial charge is 0.328 e. The summed E-state index contributed by atoms with van der Waals surface area (Å²) in [6, 6.07) is 12.9. The van der Waals surface area contributed by atoms with Gasteiger partial charge in [-0.15, -0.1) is 0 Å². The van der Waals surface area contributed by atoms with E-state index in [0.717, 1.165) is 33.3 Å². The molecule has 0 N–H and O–H groups in total. The molecule has 0 saturated heterocycles. The van der Waals surface area contributed by atoms with Crippen LogP contribution in [0.3, 0.4) is 0 Å². The number of nitrogens with zero attached hydrogens (tertiary/aromatic N) is 4. The number of carbonyl (C=O) groups excluding carboxylic acids is 1. The van der Waals surface area contributed by atoms with Gasteiger partial charge < -0.3 is 4.90 Å². The van der Waals surface area contributed by atoms with E-state index in [2.05, 4.69) is 10.1 Å². The topological polar surface area (TPSA) is 51.0 Å². The van der Waals surface area contributed by atoms with Crippen LogP contribution in [0.4, 0.5) is 4.39 Å². The van der Waals surface area contributed by atoms with Crippen molar-refractivity contribution in [1.82, 2.24) is 19.7 Å². The van der Waals surface area contributed by atoms with E-state index in [4.69, 9.17) is 0 Å². The minimum absolute atomic E-state index is 0.101. The van der Waals surface area contributed by atoms with E-state index in [1.165, 1.54) is 0 Å². The number of carbonyl (C=O) groups is 1. The number of aromatic nitrogens is 3. The van der Waals surface area contributed by atoms with Crippen LogP contribution in [0.25, 0.3) is 22.0 Å². The van der Waals surface area contributed by atoms with Gasteiger partial charge in [0.15, 0.2) is 0 Å². The molecular weight excluding hydrogens is 367 g/mol. The molecule has 5 nitrogen and oxygen atoms in total. The lowest BCUT2D eigenvalue weighted by molar-refractivity contribution is 0.0764. The molecule has 1 aliphatic heterocycles. The van der Waals surface area contributed by atoms with Gasteiger partial charge in [0.1, 0.15) is 5.82 Å². The van der Waals surface area contributed by atoms with Crippen molar-refractivity contribution in [2.75, 3.05) is 0 Å². The van der Waals surface area contributed by atoms with Crippen LogP contribution in [0, 0.1) is 12.7 Å². The van der Waals surface area contributed by atoms with Gasteiger partial charge in [-0.1, -0.05) is 18.2 Å². The molecule has 2 aromatic carbocycles. The SMILES string of the molecule is Cc1cc(-c2cccc3nn(C)cc23)cc(F)c1CN1Cc2ncccc2C1=O. The van der Waals surface area contributed by atoms with Crippen molar-refractivity contribution in [2.24, 2.45) is 7.05 Å². The van der Waals surface area contributed by atoms with Crippen molar-refractivity contribution < 1.29 is 9.18 Å². The molecule has 4 aromatic rings. The monoisotopic (exact) mass is 386 g/mol. The van der Waals surface area contributed by atoms with Crippen LogP contribution in [0.5, 0.6) is 0 Å². The number of amides is 1. The van der Waals surface area contributed by atoms with Crippen LogP contribution >= 0.6 is 0 Å². The van der Waals surface area contributed by atoms with Crippen LogP contribution in [-0.4, -0.2) is 25.6 Å². The molecule has 0 aliphatic carbocycles. The highest BCUT2D eigenvalue weighted by Crippen LogP contribution is 2.32. The van der Waals surface area contributed by atoms with E-state index < -0.39 is 0 Å². The molecule has 0 spiro atoms. The highest BCUT2D eigenvalue weighted by Gasteiger charge is 2.29. The summed E-state index contributed by atoms with van der Waals surface area (Å²) in [7, 11) is 1.87. The molecule has 6 heteroatoms. The number of hydrogen-bond acceptors (Lipinski definition) is 3. The highest BCUT2D eigenvalue weighted by atomic mass is 19.1. The third-order valence-electron chi connectivity index (χ3n) is 5.49. The van der Waals surface area contributed by atoms with Crippen molar-refractivity contribution in [1.29, 1.82) is 0 Å². The Morgan fingerprint density at radius 1 is 1.14 bits per heavy atom. The van der Waals surface area contributed by atoms with Crippen LogP contribution in [-0.2, 0) is 20.1 Å². The van der Waals surface area contributed by atoms with E-state index in [-0.39, 0.29) is 18.3 Å². The molecule has 29 heavy (non-hydrogen) atoms. The van der Waals surface area contributed by atoms with Crippen LogP contribution in [0.15, 0.2) is 54.9 Å². The molecule has 0 saturated carbocycles. The molecule has 0 bridgehead atoms. The summed E-state index contributed by atoms with van der Waals surface area (Å²) < 4.78 is 16.9. The number of fused-ring (bicyclic) bond motifs is 2. The summed E-state index contributed by atoms with van der Waals surface area (Å²) in [5.74, 6) is -0.409. The predicted molar refractivity (Wildman–Crippen MR) is 109 cm³/mol. The Kier molecular flexibility index (Phi) is 3.94. The minimum atomic E-state index is -0.308. The normalized spacial score (nSPS) is 13.3. The van der Waals surface area contributed by atoms with E-state index in [1.54, 1.807) is 34.0 Å². The fraction of sp³-hybridized carbons (Fsp3) is 0.174. The Labute approximate surface area is 167 Å². The average Bonchev–Trinajstić information content (AvgIpc) is 3.23. The van der Waals surface area contributed by atoms with Crippen LogP contribution < -0.4 is 0 Å². The summed E-state index contributed by atoms with van der Waals surface area (Å²) in [5, 5.41) is 5.42. The molecular formula is C23H19FN4O. The molecule has 1 aliphatic rings. The molecule has 144 valence electrons.